The average molecular weight is 420 g/mol. The highest BCUT2D eigenvalue weighted by Crippen LogP contribution is 2.38. The monoisotopic (exact) mass is 420 g/mol. The van der Waals surface area contributed by atoms with Crippen molar-refractivity contribution in [2.75, 3.05) is 19.5 Å². The maximum absolute atomic E-state index is 10.8. The Kier molecular flexibility index (Phi) is 4.64. The molecule has 8 nitrogen and oxygen atoms in total. The lowest BCUT2D eigenvalue weighted by molar-refractivity contribution is -0.384. The van der Waals surface area contributed by atoms with Gasteiger partial charge in [0.15, 0.2) is 21.8 Å². The Morgan fingerprint density at radius 2 is 1.81 bits per heavy atom. The van der Waals surface area contributed by atoms with Crippen LogP contribution < -0.4 is 14.8 Å². The number of fused-ring (bicyclic) bond motifs is 1. The van der Waals surface area contributed by atoms with Gasteiger partial charge in [-0.3, -0.25) is 10.1 Å². The van der Waals surface area contributed by atoms with Crippen molar-refractivity contribution >= 4 is 60.2 Å². The molecular formula is C16H12N4O4S3. The standard InChI is InChI=1S/C16H12N4O4S3/c1-23-11-4-9-14(5-12(11)24-2)27-16(17-9)19-15-18-10(7-26-15)13-3-8(6-25-13)20(21)22/h3-7H,1-2H3,(H,17,18,19). The van der Waals surface area contributed by atoms with Crippen molar-refractivity contribution in [3.05, 3.63) is 39.1 Å². The Hall–Kier alpha value is -2.76. The van der Waals surface area contributed by atoms with Gasteiger partial charge >= 0.3 is 0 Å². The highest BCUT2D eigenvalue weighted by molar-refractivity contribution is 7.22. The molecule has 0 fully saturated rings. The third-order valence-electron chi connectivity index (χ3n) is 3.66. The molecule has 0 radical (unpaired) electrons. The first-order valence-corrected chi connectivity index (χ1v) is 10.1. The molecule has 0 amide bonds. The number of nitrogens with one attached hydrogen (secondary N) is 1. The fourth-order valence-electron chi connectivity index (χ4n) is 2.40. The molecular weight excluding hydrogens is 408 g/mol. The van der Waals surface area contributed by atoms with Gasteiger partial charge in [0.1, 0.15) is 0 Å². The van der Waals surface area contributed by atoms with Crippen molar-refractivity contribution in [1.82, 2.24) is 9.97 Å². The Morgan fingerprint density at radius 1 is 1.04 bits per heavy atom. The van der Waals surface area contributed by atoms with Crippen LogP contribution in [0.15, 0.2) is 29.0 Å². The van der Waals surface area contributed by atoms with Crippen LogP contribution in [-0.2, 0) is 0 Å². The van der Waals surface area contributed by atoms with Gasteiger partial charge in [0.25, 0.3) is 5.69 Å². The molecule has 4 aromatic rings. The molecule has 0 aliphatic rings. The molecule has 0 aliphatic carbocycles. The van der Waals surface area contributed by atoms with Crippen LogP contribution in [0.5, 0.6) is 11.5 Å². The van der Waals surface area contributed by atoms with Crippen molar-refractivity contribution in [3.8, 4) is 22.1 Å². The molecule has 0 atom stereocenters. The van der Waals surface area contributed by atoms with Crippen LogP contribution in [0.2, 0.25) is 0 Å². The molecule has 27 heavy (non-hydrogen) atoms. The maximum atomic E-state index is 10.8. The van der Waals surface area contributed by atoms with E-state index in [1.807, 2.05) is 17.5 Å². The number of ether oxygens (including phenoxy) is 2. The lowest BCUT2D eigenvalue weighted by Gasteiger charge is -2.05. The van der Waals surface area contributed by atoms with Crippen LogP contribution in [0.3, 0.4) is 0 Å². The number of aromatic nitrogens is 2. The van der Waals surface area contributed by atoms with E-state index in [-0.39, 0.29) is 5.69 Å². The summed E-state index contributed by atoms with van der Waals surface area (Å²) >= 11 is 4.19. The SMILES string of the molecule is COc1cc2nc(Nc3nc(-c4cc([N+](=O)[O-])cs4)cs3)sc2cc1OC. The summed E-state index contributed by atoms with van der Waals surface area (Å²) in [4.78, 5) is 20.2. The smallest absolute Gasteiger partial charge is 0.280 e. The summed E-state index contributed by atoms with van der Waals surface area (Å²) in [6.07, 6.45) is 0. The number of anilines is 2. The highest BCUT2D eigenvalue weighted by atomic mass is 32.1. The Balaban J connectivity index is 1.59. The van der Waals surface area contributed by atoms with E-state index in [4.69, 9.17) is 9.47 Å². The molecule has 0 aliphatic heterocycles. The van der Waals surface area contributed by atoms with Crippen molar-refractivity contribution in [2.45, 2.75) is 0 Å². The zero-order valence-corrected chi connectivity index (χ0v) is 16.5. The molecule has 0 bridgehead atoms. The molecule has 4 rings (SSSR count). The van der Waals surface area contributed by atoms with Crippen molar-refractivity contribution in [3.63, 3.8) is 0 Å². The normalized spacial score (nSPS) is 10.9. The summed E-state index contributed by atoms with van der Waals surface area (Å²) in [5, 5.41) is 18.7. The number of hydrogen-bond donors (Lipinski definition) is 1. The minimum atomic E-state index is -0.408. The van der Waals surface area contributed by atoms with Gasteiger partial charge in [-0.2, -0.15) is 0 Å². The zero-order valence-electron chi connectivity index (χ0n) is 14.1. The number of benzene rings is 1. The molecule has 11 heteroatoms. The third-order valence-corrected chi connectivity index (χ3v) is 6.29. The average Bonchev–Trinajstić information content (AvgIpc) is 3.39. The number of methoxy groups -OCH3 is 2. The van der Waals surface area contributed by atoms with E-state index >= 15 is 0 Å². The van der Waals surface area contributed by atoms with Crippen LogP contribution in [0, 0.1) is 10.1 Å². The molecule has 1 N–H and O–H groups in total. The van der Waals surface area contributed by atoms with Crippen LogP contribution in [0.1, 0.15) is 0 Å². The first-order valence-electron chi connectivity index (χ1n) is 7.56. The number of nitrogens with zero attached hydrogens (tertiary/aromatic N) is 3. The van der Waals surface area contributed by atoms with E-state index in [0.29, 0.717) is 27.5 Å². The number of nitro groups is 1. The molecule has 3 heterocycles. The van der Waals surface area contributed by atoms with E-state index < -0.39 is 4.92 Å². The fraction of sp³-hybridized carbons (Fsp3) is 0.125. The molecule has 0 unspecified atom stereocenters. The summed E-state index contributed by atoms with van der Waals surface area (Å²) in [5.41, 5.74) is 1.57. The molecule has 0 saturated heterocycles. The van der Waals surface area contributed by atoms with E-state index in [9.17, 15) is 10.1 Å². The molecule has 138 valence electrons. The summed E-state index contributed by atoms with van der Waals surface area (Å²) in [7, 11) is 3.18. The number of thiazole rings is 2. The summed E-state index contributed by atoms with van der Waals surface area (Å²) in [6.45, 7) is 0. The predicted molar refractivity (Wildman–Crippen MR) is 108 cm³/mol. The molecule has 0 saturated carbocycles. The van der Waals surface area contributed by atoms with Gasteiger partial charge in [-0.15, -0.1) is 22.7 Å². The Labute approximate surface area is 165 Å². The van der Waals surface area contributed by atoms with E-state index in [1.54, 1.807) is 14.2 Å². The predicted octanol–water partition coefficient (Wildman–Crippen LogP) is 5.15. The minimum Gasteiger partial charge on any atom is -0.493 e. The lowest BCUT2D eigenvalue weighted by Crippen LogP contribution is -1.90. The molecule has 1 aromatic carbocycles. The van der Waals surface area contributed by atoms with Gasteiger partial charge in [0, 0.05) is 23.6 Å². The topological polar surface area (TPSA) is 99.4 Å². The van der Waals surface area contributed by atoms with Crippen LogP contribution in [0.25, 0.3) is 20.8 Å². The highest BCUT2D eigenvalue weighted by Gasteiger charge is 2.15. The number of rotatable bonds is 6. The second kappa shape index (κ2) is 7.10. The third kappa shape index (κ3) is 3.44. The quantitative estimate of drug-likeness (QED) is 0.340. The fourth-order valence-corrected chi connectivity index (χ4v) is 4.94. The first-order chi connectivity index (χ1) is 13.1. The van der Waals surface area contributed by atoms with E-state index in [1.165, 1.54) is 45.5 Å². The van der Waals surface area contributed by atoms with Gasteiger partial charge in [0.2, 0.25) is 0 Å². The van der Waals surface area contributed by atoms with Crippen LogP contribution in [-0.4, -0.2) is 29.1 Å². The van der Waals surface area contributed by atoms with Crippen LogP contribution >= 0.6 is 34.0 Å². The van der Waals surface area contributed by atoms with Crippen molar-refractivity contribution in [1.29, 1.82) is 0 Å². The van der Waals surface area contributed by atoms with Gasteiger partial charge in [-0.1, -0.05) is 11.3 Å². The minimum absolute atomic E-state index is 0.0755. The first kappa shape index (κ1) is 17.6. The molecule has 3 aromatic heterocycles. The second-order valence-corrected chi connectivity index (χ2v) is 8.08. The molecule has 0 spiro atoms. The van der Waals surface area contributed by atoms with Gasteiger partial charge in [-0.05, 0) is 0 Å². The van der Waals surface area contributed by atoms with Gasteiger partial charge in [-0.25, -0.2) is 9.97 Å². The van der Waals surface area contributed by atoms with Crippen molar-refractivity contribution in [2.24, 2.45) is 0 Å². The Bertz CT molecular complexity index is 1090. The number of hydrogen-bond acceptors (Lipinski definition) is 10. The van der Waals surface area contributed by atoms with E-state index in [2.05, 4.69) is 15.3 Å². The zero-order chi connectivity index (χ0) is 19.0. The lowest BCUT2D eigenvalue weighted by atomic mass is 10.3. The van der Waals surface area contributed by atoms with Crippen molar-refractivity contribution < 1.29 is 14.4 Å². The second-order valence-electron chi connectivity index (χ2n) is 5.28. The largest absolute Gasteiger partial charge is 0.493 e. The van der Waals surface area contributed by atoms with Crippen LogP contribution in [0.4, 0.5) is 16.0 Å². The summed E-state index contributed by atoms with van der Waals surface area (Å²) in [5.74, 6) is 1.27. The number of thiophene rings is 1. The summed E-state index contributed by atoms with van der Waals surface area (Å²) in [6, 6.07) is 5.24. The Morgan fingerprint density at radius 3 is 2.52 bits per heavy atom. The van der Waals surface area contributed by atoms with E-state index in [0.717, 1.165) is 15.1 Å². The maximum Gasteiger partial charge on any atom is 0.280 e. The summed E-state index contributed by atoms with van der Waals surface area (Å²) < 4.78 is 11.6. The van der Waals surface area contributed by atoms with Gasteiger partial charge < -0.3 is 14.8 Å². The van der Waals surface area contributed by atoms with Gasteiger partial charge in [0.05, 0.1) is 45.3 Å².